The first-order chi connectivity index (χ1) is 9.96. The first-order valence-corrected chi connectivity index (χ1v) is 7.44. The lowest BCUT2D eigenvalue weighted by atomic mass is 9.95. The summed E-state index contributed by atoms with van der Waals surface area (Å²) in [6.07, 6.45) is -0.163. The normalized spacial score (nSPS) is 45.0. The lowest BCUT2D eigenvalue weighted by molar-refractivity contribution is -0.196. The molecule has 0 unspecified atom stereocenters. The average molecular weight is 297 g/mol. The second-order valence-corrected chi connectivity index (χ2v) is 6.44. The van der Waals surface area contributed by atoms with Crippen LogP contribution in [0.5, 0.6) is 0 Å². The van der Waals surface area contributed by atoms with Gasteiger partial charge in [-0.25, -0.2) is 0 Å². The molecule has 5 atom stereocenters. The molecule has 4 aliphatic rings. The minimum atomic E-state index is -0.747. The zero-order valence-corrected chi connectivity index (χ0v) is 12.1. The molecule has 0 aliphatic carbocycles. The summed E-state index contributed by atoms with van der Waals surface area (Å²) in [6.45, 7) is 4.06. The smallest absolute Gasteiger partial charge is 0.229 e. The molecule has 7 nitrogen and oxygen atoms in total. The third-order valence-corrected chi connectivity index (χ3v) is 4.50. The van der Waals surface area contributed by atoms with Crippen molar-refractivity contribution >= 4 is 11.8 Å². The van der Waals surface area contributed by atoms with E-state index >= 15 is 0 Å². The maximum atomic E-state index is 12.2. The van der Waals surface area contributed by atoms with Gasteiger partial charge in [-0.05, 0) is 20.3 Å². The van der Waals surface area contributed by atoms with Crippen LogP contribution in [0.3, 0.4) is 0 Å². The van der Waals surface area contributed by atoms with Crippen LogP contribution in [0.1, 0.15) is 33.1 Å². The van der Waals surface area contributed by atoms with E-state index in [4.69, 9.17) is 18.9 Å². The van der Waals surface area contributed by atoms with Crippen LogP contribution in [-0.4, -0.2) is 59.8 Å². The number of fused-ring (bicyclic) bond motifs is 4. The summed E-state index contributed by atoms with van der Waals surface area (Å²) in [5.41, 5.74) is 0. The van der Waals surface area contributed by atoms with E-state index in [1.54, 1.807) is 0 Å². The quantitative estimate of drug-likeness (QED) is 0.642. The predicted molar refractivity (Wildman–Crippen MR) is 67.9 cm³/mol. The largest absolute Gasteiger partial charge is 0.348 e. The number of carbonyl (C=O) groups is 2. The maximum Gasteiger partial charge on any atom is 0.229 e. The average Bonchev–Trinajstić information content (AvgIpc) is 2.95. The first-order valence-electron chi connectivity index (χ1n) is 7.44. The van der Waals surface area contributed by atoms with Crippen molar-refractivity contribution in [1.82, 2.24) is 4.90 Å². The van der Waals surface area contributed by atoms with E-state index < -0.39 is 24.2 Å². The highest BCUT2D eigenvalue weighted by molar-refractivity contribution is 5.98. The van der Waals surface area contributed by atoms with Crippen LogP contribution in [0.4, 0.5) is 0 Å². The Labute approximate surface area is 122 Å². The molecule has 116 valence electrons. The van der Waals surface area contributed by atoms with E-state index in [2.05, 4.69) is 0 Å². The van der Waals surface area contributed by atoms with Gasteiger partial charge in [-0.3, -0.25) is 14.5 Å². The minimum absolute atomic E-state index is 0.180. The Bertz CT molecular complexity index is 476. The van der Waals surface area contributed by atoms with Crippen molar-refractivity contribution in [3.05, 3.63) is 0 Å². The molecule has 4 heterocycles. The number of imide groups is 1. The van der Waals surface area contributed by atoms with Crippen molar-refractivity contribution in [1.29, 1.82) is 0 Å². The summed E-state index contributed by atoms with van der Waals surface area (Å²) in [4.78, 5) is 25.7. The second-order valence-electron chi connectivity index (χ2n) is 6.44. The molecule has 2 bridgehead atoms. The van der Waals surface area contributed by atoms with Gasteiger partial charge >= 0.3 is 0 Å². The second kappa shape index (κ2) is 4.49. The molecule has 0 aromatic rings. The highest BCUT2D eigenvalue weighted by Gasteiger charge is 2.61. The summed E-state index contributed by atoms with van der Waals surface area (Å²) < 4.78 is 23.3. The van der Waals surface area contributed by atoms with Gasteiger partial charge in [0, 0.05) is 12.8 Å². The van der Waals surface area contributed by atoms with Crippen LogP contribution in [-0.2, 0) is 28.5 Å². The lowest BCUT2D eigenvalue weighted by Gasteiger charge is -2.42. The molecule has 0 aromatic carbocycles. The molecule has 4 rings (SSSR count). The predicted octanol–water partition coefficient (Wildman–Crippen LogP) is 0.169. The summed E-state index contributed by atoms with van der Waals surface area (Å²) in [6, 6.07) is -0.559. The number of hydrogen-bond acceptors (Lipinski definition) is 6. The Kier molecular flexibility index (Phi) is 2.91. The molecule has 4 saturated heterocycles. The molecule has 4 aliphatic heterocycles. The number of likely N-dealkylation sites (tertiary alicyclic amines) is 1. The Morgan fingerprint density at radius 3 is 2.48 bits per heavy atom. The highest BCUT2D eigenvalue weighted by atomic mass is 16.8. The van der Waals surface area contributed by atoms with Gasteiger partial charge in [0.15, 0.2) is 12.1 Å². The van der Waals surface area contributed by atoms with Crippen molar-refractivity contribution in [2.75, 3.05) is 6.61 Å². The third-order valence-electron chi connectivity index (χ3n) is 4.50. The van der Waals surface area contributed by atoms with Crippen LogP contribution in [0.2, 0.25) is 0 Å². The summed E-state index contributed by atoms with van der Waals surface area (Å²) >= 11 is 0. The van der Waals surface area contributed by atoms with E-state index in [0.717, 1.165) is 0 Å². The van der Waals surface area contributed by atoms with Crippen molar-refractivity contribution in [2.24, 2.45) is 0 Å². The van der Waals surface area contributed by atoms with Crippen LogP contribution in [0.15, 0.2) is 0 Å². The minimum Gasteiger partial charge on any atom is -0.348 e. The summed E-state index contributed by atoms with van der Waals surface area (Å²) in [5, 5.41) is 0. The van der Waals surface area contributed by atoms with E-state index in [-0.39, 0.29) is 24.0 Å². The fraction of sp³-hybridized carbons (Fsp3) is 0.857. The summed E-state index contributed by atoms with van der Waals surface area (Å²) in [5.74, 6) is -1.11. The van der Waals surface area contributed by atoms with E-state index in [1.807, 2.05) is 13.8 Å². The Hall–Kier alpha value is -1.02. The van der Waals surface area contributed by atoms with E-state index in [9.17, 15) is 9.59 Å². The number of hydrogen-bond donors (Lipinski definition) is 0. The molecule has 0 saturated carbocycles. The zero-order valence-electron chi connectivity index (χ0n) is 12.1. The molecular weight excluding hydrogens is 278 g/mol. The summed E-state index contributed by atoms with van der Waals surface area (Å²) in [7, 11) is 0. The number of amides is 2. The zero-order chi connectivity index (χ0) is 14.8. The van der Waals surface area contributed by atoms with Crippen LogP contribution >= 0.6 is 0 Å². The number of carbonyl (C=O) groups excluding carboxylic acids is 2. The maximum absolute atomic E-state index is 12.2. The van der Waals surface area contributed by atoms with Gasteiger partial charge in [0.2, 0.25) is 11.8 Å². The third kappa shape index (κ3) is 2.03. The highest BCUT2D eigenvalue weighted by Crippen LogP contribution is 2.43. The monoisotopic (exact) mass is 297 g/mol. The van der Waals surface area contributed by atoms with Gasteiger partial charge in [0.1, 0.15) is 24.4 Å². The number of piperidine rings is 1. The molecule has 0 radical (unpaired) electrons. The van der Waals surface area contributed by atoms with Crippen molar-refractivity contribution < 1.29 is 28.5 Å². The number of rotatable bonds is 1. The van der Waals surface area contributed by atoms with E-state index in [1.165, 1.54) is 4.90 Å². The Morgan fingerprint density at radius 2 is 1.76 bits per heavy atom. The number of ether oxygens (including phenoxy) is 4. The fourth-order valence-corrected chi connectivity index (χ4v) is 3.69. The fourth-order valence-electron chi connectivity index (χ4n) is 3.69. The molecule has 0 aromatic heterocycles. The van der Waals surface area contributed by atoms with Gasteiger partial charge in [-0.1, -0.05) is 0 Å². The molecular formula is C14H19NO6. The van der Waals surface area contributed by atoms with Gasteiger partial charge in [-0.2, -0.15) is 0 Å². The van der Waals surface area contributed by atoms with Crippen LogP contribution in [0, 0.1) is 0 Å². The van der Waals surface area contributed by atoms with Gasteiger partial charge < -0.3 is 18.9 Å². The Morgan fingerprint density at radius 1 is 1.10 bits per heavy atom. The molecule has 21 heavy (non-hydrogen) atoms. The van der Waals surface area contributed by atoms with Crippen molar-refractivity contribution in [3.8, 4) is 0 Å². The van der Waals surface area contributed by atoms with Crippen molar-refractivity contribution in [3.63, 3.8) is 0 Å². The first kappa shape index (κ1) is 13.6. The van der Waals surface area contributed by atoms with E-state index in [0.29, 0.717) is 25.9 Å². The standard InChI is InChI=1S/C14H19NO6/c1-14(2)20-11-7-6-18-13(19-7)10(12(11)21-14)15-8(16)4-3-5-9(15)17/h7,10-13H,3-6H2,1-2H3/t7-,10-,11+,12-,13-/m1/s1. The van der Waals surface area contributed by atoms with Crippen LogP contribution in [0.25, 0.3) is 0 Å². The van der Waals surface area contributed by atoms with Crippen molar-refractivity contribution in [2.45, 2.75) is 69.5 Å². The topological polar surface area (TPSA) is 74.3 Å². The molecule has 4 fully saturated rings. The lowest BCUT2D eigenvalue weighted by Crippen LogP contribution is -2.63. The van der Waals surface area contributed by atoms with Gasteiger partial charge in [-0.15, -0.1) is 0 Å². The van der Waals surface area contributed by atoms with Gasteiger partial charge in [0.25, 0.3) is 0 Å². The van der Waals surface area contributed by atoms with Crippen LogP contribution < -0.4 is 0 Å². The molecule has 7 heteroatoms. The Balaban J connectivity index is 1.69. The molecule has 2 amide bonds. The molecule has 0 N–H and O–H groups in total. The number of nitrogens with zero attached hydrogens (tertiary/aromatic N) is 1. The SMILES string of the molecule is CC1(C)O[C@@H]2[C@H](O1)[C@@H](N1C(=O)CCCC1=O)[C@@H]1OC[C@H]2O1. The molecule has 0 spiro atoms. The van der Waals surface area contributed by atoms with Gasteiger partial charge in [0.05, 0.1) is 6.61 Å².